The molecular weight excluding hydrogens is 427 g/mol. The monoisotopic (exact) mass is 456 g/mol. The molecule has 9 heteroatoms. The zero-order chi connectivity index (χ0) is 23.8. The van der Waals surface area contributed by atoms with Crippen LogP contribution < -0.4 is 14.8 Å². The fourth-order valence-electron chi connectivity index (χ4n) is 3.87. The van der Waals surface area contributed by atoms with Crippen molar-refractivity contribution in [2.75, 3.05) is 12.1 Å². The smallest absolute Gasteiger partial charge is 0.231 e. The first-order valence-corrected chi connectivity index (χ1v) is 11.2. The number of ether oxygens (including phenoxy) is 2. The molecule has 1 amide bonds. The van der Waals surface area contributed by atoms with Gasteiger partial charge in [-0.1, -0.05) is 13.8 Å². The second-order valence-corrected chi connectivity index (χ2v) is 8.89. The van der Waals surface area contributed by atoms with Crippen LogP contribution in [0.4, 0.5) is 10.2 Å². The van der Waals surface area contributed by atoms with Crippen molar-refractivity contribution in [3.63, 3.8) is 0 Å². The maximum absolute atomic E-state index is 15.1. The van der Waals surface area contributed by atoms with Crippen LogP contribution in [-0.4, -0.2) is 38.2 Å². The molecule has 1 aliphatic rings. The molecule has 0 saturated carbocycles. The summed E-state index contributed by atoms with van der Waals surface area (Å²) in [7, 11) is 0. The fourth-order valence-corrected chi connectivity index (χ4v) is 3.87. The second-order valence-electron chi connectivity index (χ2n) is 8.89. The van der Waals surface area contributed by atoms with Crippen LogP contribution >= 0.6 is 0 Å². The van der Waals surface area contributed by atoms with E-state index in [1.807, 2.05) is 13.8 Å². The van der Waals surface area contributed by atoms with E-state index in [2.05, 4.69) is 15.4 Å². The molecule has 8 nitrogen and oxygen atoms in total. The number of nitrogens with zero attached hydrogens (tertiary/aromatic N) is 3. The Kier molecular flexibility index (Phi) is 6.25. The average molecular weight is 457 g/mol. The van der Waals surface area contributed by atoms with E-state index in [0.717, 1.165) is 0 Å². The number of carbonyl (C=O) groups excluding carboxylic acids is 1. The number of pyridine rings is 1. The summed E-state index contributed by atoms with van der Waals surface area (Å²) in [4.78, 5) is 17.3. The topological polar surface area (TPSA) is 98.5 Å². The first-order chi connectivity index (χ1) is 15.7. The minimum Gasteiger partial charge on any atom is -0.453 e. The molecule has 0 bridgehead atoms. The van der Waals surface area contributed by atoms with Crippen LogP contribution in [0.25, 0.3) is 22.2 Å². The number of anilines is 1. The predicted molar refractivity (Wildman–Crippen MR) is 123 cm³/mol. The number of nitrogens with one attached hydrogen (secondary N) is 1. The summed E-state index contributed by atoms with van der Waals surface area (Å²) < 4.78 is 27.2. The van der Waals surface area contributed by atoms with Crippen LogP contribution in [0.3, 0.4) is 0 Å². The Hall–Kier alpha value is -3.20. The van der Waals surface area contributed by atoms with Gasteiger partial charge < -0.3 is 19.9 Å². The maximum Gasteiger partial charge on any atom is 0.231 e. The summed E-state index contributed by atoms with van der Waals surface area (Å²) in [5, 5.41) is 18.2. The largest absolute Gasteiger partial charge is 0.453 e. The van der Waals surface area contributed by atoms with Gasteiger partial charge in [-0.15, -0.1) is 0 Å². The molecule has 0 atom stereocenters. The molecule has 0 radical (unpaired) electrons. The fraction of sp³-hybridized carbons (Fsp3) is 0.458. The summed E-state index contributed by atoms with van der Waals surface area (Å²) in [5.74, 6) is 0.0348. The minimum absolute atomic E-state index is 0.0207. The lowest BCUT2D eigenvalue weighted by atomic mass is 10.0. The third-order valence-corrected chi connectivity index (χ3v) is 5.91. The van der Waals surface area contributed by atoms with Crippen LogP contribution in [0.5, 0.6) is 11.5 Å². The first-order valence-electron chi connectivity index (χ1n) is 11.2. The van der Waals surface area contributed by atoms with Gasteiger partial charge in [-0.25, -0.2) is 14.1 Å². The van der Waals surface area contributed by atoms with Gasteiger partial charge in [0.15, 0.2) is 23.0 Å². The average Bonchev–Trinajstić information content (AvgIpc) is 3.38. The van der Waals surface area contributed by atoms with Crippen molar-refractivity contribution < 1.29 is 23.8 Å². The lowest BCUT2D eigenvalue weighted by Crippen LogP contribution is -2.23. The molecule has 3 aromatic rings. The summed E-state index contributed by atoms with van der Waals surface area (Å²) in [6, 6.07) is 5.04. The van der Waals surface area contributed by atoms with Gasteiger partial charge in [0.1, 0.15) is 0 Å². The molecule has 0 aliphatic carbocycles. The summed E-state index contributed by atoms with van der Waals surface area (Å²) >= 11 is 0. The molecule has 176 valence electrons. The van der Waals surface area contributed by atoms with Gasteiger partial charge >= 0.3 is 0 Å². The van der Waals surface area contributed by atoms with Crippen molar-refractivity contribution in [1.29, 1.82) is 0 Å². The number of rotatable bonds is 8. The molecular formula is C24H29FN4O4. The quantitative estimate of drug-likeness (QED) is 0.518. The molecule has 4 rings (SSSR count). The van der Waals surface area contributed by atoms with Gasteiger partial charge in [0, 0.05) is 29.8 Å². The standard InChI is InChI=1S/C24H29FN4O4/c1-5-14(6-2)23(30)27-21-17-11-15(16-7-8-18-20(19(16)25)33-13-32-18)12-26-22(17)29(28-21)10-9-24(3,4)31/h7-8,11-12,14,31H,5-6,9-10,13H2,1-4H3,(H,27,28,30). The highest BCUT2D eigenvalue weighted by Crippen LogP contribution is 2.40. The second kappa shape index (κ2) is 8.97. The molecule has 0 spiro atoms. The van der Waals surface area contributed by atoms with Crippen molar-refractivity contribution in [1.82, 2.24) is 14.8 Å². The molecule has 33 heavy (non-hydrogen) atoms. The summed E-state index contributed by atoms with van der Waals surface area (Å²) in [5.41, 5.74) is 0.504. The highest BCUT2D eigenvalue weighted by Gasteiger charge is 2.24. The predicted octanol–water partition coefficient (Wildman–Crippen LogP) is 4.50. The summed E-state index contributed by atoms with van der Waals surface area (Å²) in [6.45, 7) is 7.77. The first kappa shape index (κ1) is 23.0. The van der Waals surface area contributed by atoms with Crippen LogP contribution in [0.15, 0.2) is 24.4 Å². The molecule has 1 aliphatic heterocycles. The van der Waals surface area contributed by atoms with Gasteiger partial charge in [-0.2, -0.15) is 5.10 Å². The highest BCUT2D eigenvalue weighted by atomic mass is 19.1. The van der Waals surface area contributed by atoms with E-state index in [0.29, 0.717) is 59.5 Å². The Balaban J connectivity index is 1.77. The Morgan fingerprint density at radius 2 is 2.06 bits per heavy atom. The van der Waals surface area contributed by atoms with E-state index in [9.17, 15) is 9.90 Å². The number of aromatic nitrogens is 3. The molecule has 2 N–H and O–H groups in total. The molecule has 3 heterocycles. The van der Waals surface area contributed by atoms with Crippen molar-refractivity contribution in [2.24, 2.45) is 5.92 Å². The SMILES string of the molecule is CCC(CC)C(=O)Nc1nn(CCC(C)(C)O)c2ncc(-c3ccc4c(c3F)OCO4)cc12. The number of halogens is 1. The van der Waals surface area contributed by atoms with E-state index >= 15 is 4.39 Å². The Labute approximate surface area is 191 Å². The minimum atomic E-state index is -0.882. The Bertz CT molecular complexity index is 1180. The lowest BCUT2D eigenvalue weighted by molar-refractivity contribution is -0.120. The van der Waals surface area contributed by atoms with Gasteiger partial charge in [-0.05, 0) is 51.3 Å². The number of benzene rings is 1. The molecule has 1 aromatic carbocycles. The van der Waals surface area contributed by atoms with Crippen LogP contribution in [-0.2, 0) is 11.3 Å². The third kappa shape index (κ3) is 4.64. The number of hydrogen-bond acceptors (Lipinski definition) is 6. The van der Waals surface area contributed by atoms with E-state index in [-0.39, 0.29) is 24.4 Å². The number of fused-ring (bicyclic) bond motifs is 2. The van der Waals surface area contributed by atoms with E-state index in [1.165, 1.54) is 0 Å². The Morgan fingerprint density at radius 3 is 2.76 bits per heavy atom. The molecule has 2 aromatic heterocycles. The summed E-state index contributed by atoms with van der Waals surface area (Å²) in [6.07, 6.45) is 3.44. The van der Waals surface area contributed by atoms with Gasteiger partial charge in [-0.3, -0.25) is 4.79 Å². The highest BCUT2D eigenvalue weighted by molar-refractivity contribution is 6.00. The zero-order valence-electron chi connectivity index (χ0n) is 19.3. The van der Waals surface area contributed by atoms with Crippen LogP contribution in [0.1, 0.15) is 47.0 Å². The van der Waals surface area contributed by atoms with Crippen molar-refractivity contribution in [3.05, 3.63) is 30.2 Å². The number of amides is 1. The van der Waals surface area contributed by atoms with E-state index in [1.54, 1.807) is 42.9 Å². The lowest BCUT2D eigenvalue weighted by Gasteiger charge is -2.16. The number of hydrogen-bond donors (Lipinski definition) is 2. The van der Waals surface area contributed by atoms with Crippen molar-refractivity contribution >= 4 is 22.8 Å². The maximum atomic E-state index is 15.1. The Morgan fingerprint density at radius 1 is 1.30 bits per heavy atom. The normalized spacial score (nSPS) is 13.2. The number of carbonyl (C=O) groups is 1. The number of aryl methyl sites for hydroxylation is 1. The van der Waals surface area contributed by atoms with Gasteiger partial charge in [0.05, 0.1) is 11.0 Å². The van der Waals surface area contributed by atoms with Crippen LogP contribution in [0, 0.1) is 11.7 Å². The molecule has 0 fully saturated rings. The zero-order valence-corrected chi connectivity index (χ0v) is 19.3. The van der Waals surface area contributed by atoms with Crippen molar-refractivity contribution in [3.8, 4) is 22.6 Å². The molecule has 0 saturated heterocycles. The van der Waals surface area contributed by atoms with Gasteiger partial charge in [0.25, 0.3) is 0 Å². The third-order valence-electron chi connectivity index (χ3n) is 5.91. The van der Waals surface area contributed by atoms with Crippen LogP contribution in [0.2, 0.25) is 0 Å². The van der Waals surface area contributed by atoms with Crippen molar-refractivity contribution in [2.45, 2.75) is 59.1 Å². The van der Waals surface area contributed by atoms with Gasteiger partial charge in [0.2, 0.25) is 18.4 Å². The van der Waals surface area contributed by atoms with E-state index in [4.69, 9.17) is 9.47 Å². The number of aliphatic hydroxyl groups is 1. The molecule has 0 unspecified atom stereocenters. The van der Waals surface area contributed by atoms with E-state index < -0.39 is 11.4 Å².